The second kappa shape index (κ2) is 15.4. The number of nitrogens with one attached hydrogen (secondary N) is 1. The Morgan fingerprint density at radius 3 is 2.31 bits per heavy atom. The lowest BCUT2D eigenvalue weighted by Crippen LogP contribution is -2.36. The van der Waals surface area contributed by atoms with Crippen LogP contribution in [0, 0.1) is 0 Å². The Labute approximate surface area is 213 Å². The summed E-state index contributed by atoms with van der Waals surface area (Å²) in [7, 11) is 0. The molecular weight excluding hydrogens is 452 g/mol. The van der Waals surface area contributed by atoms with Crippen LogP contribution in [0.15, 0.2) is 79.1 Å². The molecule has 0 aliphatic heterocycles. The van der Waals surface area contributed by atoms with Gasteiger partial charge < -0.3 is 15.2 Å². The fourth-order valence-corrected chi connectivity index (χ4v) is 4.08. The highest BCUT2D eigenvalue weighted by molar-refractivity contribution is 5.76. The van der Waals surface area contributed by atoms with Gasteiger partial charge in [-0.2, -0.15) is 0 Å². The summed E-state index contributed by atoms with van der Waals surface area (Å²) in [6.45, 7) is 0.501. The van der Waals surface area contributed by atoms with E-state index in [2.05, 4.69) is 16.4 Å². The van der Waals surface area contributed by atoms with Gasteiger partial charge in [-0.25, -0.2) is 0 Å². The average Bonchev–Trinajstić information content (AvgIpc) is 2.90. The number of unbranched alkanes of at least 4 members (excludes halogenated alkanes) is 3. The number of ether oxygens (including phenoxy) is 1. The number of carboxylic acid groups (broad SMARTS) is 1. The maximum Gasteiger partial charge on any atom is 0.303 e. The predicted octanol–water partition coefficient (Wildman–Crippen LogP) is 5.75. The summed E-state index contributed by atoms with van der Waals surface area (Å²) >= 11 is 0. The number of pyridine rings is 1. The third-order valence-electron chi connectivity index (χ3n) is 6.07. The molecule has 6 heteroatoms. The van der Waals surface area contributed by atoms with E-state index in [1.165, 1.54) is 5.56 Å². The van der Waals surface area contributed by atoms with Crippen LogP contribution in [0.5, 0.6) is 5.75 Å². The zero-order valence-corrected chi connectivity index (χ0v) is 20.8. The lowest BCUT2D eigenvalue weighted by molar-refractivity contribution is -0.137. The summed E-state index contributed by atoms with van der Waals surface area (Å²) in [4.78, 5) is 27.8. The van der Waals surface area contributed by atoms with Crippen LogP contribution in [0.1, 0.15) is 61.6 Å². The summed E-state index contributed by atoms with van der Waals surface area (Å²) in [6, 6.07) is 21.6. The first-order chi connectivity index (χ1) is 17.6. The van der Waals surface area contributed by atoms with Crippen LogP contribution < -0.4 is 10.1 Å². The van der Waals surface area contributed by atoms with Gasteiger partial charge in [0.05, 0.1) is 0 Å². The van der Waals surface area contributed by atoms with Gasteiger partial charge in [0.25, 0.3) is 0 Å². The molecule has 0 saturated carbocycles. The number of benzene rings is 2. The Morgan fingerprint density at radius 2 is 1.58 bits per heavy atom. The van der Waals surface area contributed by atoms with Crippen molar-refractivity contribution < 1.29 is 19.4 Å². The monoisotopic (exact) mass is 488 g/mol. The molecule has 0 bridgehead atoms. The zero-order chi connectivity index (χ0) is 25.4. The zero-order valence-electron chi connectivity index (χ0n) is 20.8. The molecule has 190 valence electrons. The third-order valence-corrected chi connectivity index (χ3v) is 6.07. The van der Waals surface area contributed by atoms with E-state index in [-0.39, 0.29) is 18.4 Å². The highest BCUT2D eigenvalue weighted by Crippen LogP contribution is 2.17. The lowest BCUT2D eigenvalue weighted by atomic mass is 10.0. The van der Waals surface area contributed by atoms with Gasteiger partial charge in [-0.15, -0.1) is 0 Å². The Bertz CT molecular complexity index is 1040. The molecule has 0 radical (unpaired) electrons. The van der Waals surface area contributed by atoms with Crippen molar-refractivity contribution in [3.8, 4) is 5.75 Å². The number of aromatic nitrogens is 1. The molecule has 1 unspecified atom stereocenters. The van der Waals surface area contributed by atoms with Crippen molar-refractivity contribution in [2.75, 3.05) is 0 Å². The van der Waals surface area contributed by atoms with Gasteiger partial charge in [0, 0.05) is 31.3 Å². The Hall–Kier alpha value is -3.67. The van der Waals surface area contributed by atoms with Gasteiger partial charge in [0.1, 0.15) is 12.4 Å². The highest BCUT2D eigenvalue weighted by atomic mass is 16.5. The van der Waals surface area contributed by atoms with E-state index in [0.717, 1.165) is 49.0 Å². The molecule has 0 saturated heterocycles. The smallest absolute Gasteiger partial charge is 0.303 e. The molecule has 2 N–H and O–H groups in total. The molecule has 1 aromatic heterocycles. The number of rotatable bonds is 16. The van der Waals surface area contributed by atoms with E-state index in [9.17, 15) is 9.59 Å². The number of hydrogen-bond acceptors (Lipinski definition) is 4. The highest BCUT2D eigenvalue weighted by Gasteiger charge is 2.15. The number of carbonyl (C=O) groups excluding carboxylic acids is 1. The number of aliphatic carboxylic acids is 1. The van der Waals surface area contributed by atoms with Crippen molar-refractivity contribution in [2.24, 2.45) is 0 Å². The van der Waals surface area contributed by atoms with Crippen molar-refractivity contribution >= 4 is 11.9 Å². The number of aryl methyl sites for hydroxylation is 1. The first-order valence-corrected chi connectivity index (χ1v) is 12.7. The molecule has 6 nitrogen and oxygen atoms in total. The van der Waals surface area contributed by atoms with Crippen LogP contribution in [-0.4, -0.2) is 28.0 Å². The topological polar surface area (TPSA) is 88.5 Å². The van der Waals surface area contributed by atoms with Crippen LogP contribution in [0.2, 0.25) is 0 Å². The second-order valence-corrected chi connectivity index (χ2v) is 9.09. The number of hydrogen-bond donors (Lipinski definition) is 2. The molecule has 1 amide bonds. The number of carboxylic acids is 1. The fourth-order valence-electron chi connectivity index (χ4n) is 4.08. The maximum atomic E-state index is 12.5. The van der Waals surface area contributed by atoms with E-state index in [1.54, 1.807) is 6.20 Å². The van der Waals surface area contributed by atoms with E-state index < -0.39 is 5.97 Å². The van der Waals surface area contributed by atoms with Crippen molar-refractivity contribution in [3.63, 3.8) is 0 Å². The molecule has 0 aliphatic rings. The second-order valence-electron chi connectivity index (χ2n) is 9.09. The van der Waals surface area contributed by atoms with Crippen molar-refractivity contribution in [1.82, 2.24) is 10.3 Å². The first-order valence-electron chi connectivity index (χ1n) is 12.7. The quantitative estimate of drug-likeness (QED) is 0.251. The summed E-state index contributed by atoms with van der Waals surface area (Å²) < 4.78 is 5.84. The van der Waals surface area contributed by atoms with Gasteiger partial charge in [0.15, 0.2) is 0 Å². The standard InChI is InChI=1S/C30H36N2O4/c33-29(13-7-2-1-4-9-25-12-8-20-31-22-25)32-27(16-19-30(34)35)21-24-14-17-28(18-15-24)36-23-26-10-5-3-6-11-26/h3,5-6,8,10-12,14-15,17-18,20,22,27H,1-2,4,7,9,13,16,19,21,23H2,(H,32,33)(H,34,35). The minimum atomic E-state index is -0.854. The van der Waals surface area contributed by atoms with E-state index in [4.69, 9.17) is 9.84 Å². The van der Waals surface area contributed by atoms with Gasteiger partial charge >= 0.3 is 5.97 Å². The summed E-state index contributed by atoms with van der Waals surface area (Å²) in [5, 5.41) is 12.2. The molecule has 2 aromatic carbocycles. The molecule has 3 rings (SSSR count). The molecule has 1 heterocycles. The van der Waals surface area contributed by atoms with Crippen molar-refractivity contribution in [3.05, 3.63) is 95.8 Å². The van der Waals surface area contributed by atoms with Crippen molar-refractivity contribution in [2.45, 2.75) is 70.4 Å². The molecule has 36 heavy (non-hydrogen) atoms. The normalized spacial score (nSPS) is 11.6. The van der Waals surface area contributed by atoms with Gasteiger partial charge in [-0.05, 0) is 67.0 Å². The Balaban J connectivity index is 1.40. The summed E-state index contributed by atoms with van der Waals surface area (Å²) in [5.74, 6) is -0.0924. The largest absolute Gasteiger partial charge is 0.489 e. The molecule has 0 spiro atoms. The first kappa shape index (κ1) is 26.9. The van der Waals surface area contributed by atoms with Crippen LogP contribution in [0.3, 0.4) is 0 Å². The van der Waals surface area contributed by atoms with E-state index >= 15 is 0 Å². The third kappa shape index (κ3) is 10.7. The minimum absolute atomic E-state index is 0.0135. The minimum Gasteiger partial charge on any atom is -0.489 e. The van der Waals surface area contributed by atoms with E-state index in [1.807, 2.05) is 66.9 Å². The average molecular weight is 489 g/mol. The Kier molecular flexibility index (Phi) is 11.5. The fraction of sp³-hybridized carbons (Fsp3) is 0.367. The van der Waals surface area contributed by atoms with Gasteiger partial charge in [0.2, 0.25) is 5.91 Å². The van der Waals surface area contributed by atoms with Gasteiger partial charge in [-0.3, -0.25) is 14.6 Å². The van der Waals surface area contributed by atoms with E-state index in [0.29, 0.717) is 25.9 Å². The summed E-state index contributed by atoms with van der Waals surface area (Å²) in [6.07, 6.45) is 10.1. The molecule has 0 fully saturated rings. The maximum absolute atomic E-state index is 12.5. The van der Waals surface area contributed by atoms with Gasteiger partial charge in [-0.1, -0.05) is 61.4 Å². The lowest BCUT2D eigenvalue weighted by Gasteiger charge is -2.18. The van der Waals surface area contributed by atoms with Crippen LogP contribution >= 0.6 is 0 Å². The van der Waals surface area contributed by atoms with Crippen LogP contribution in [0.25, 0.3) is 0 Å². The number of carbonyl (C=O) groups is 2. The number of nitrogens with zero attached hydrogens (tertiary/aromatic N) is 1. The Morgan fingerprint density at radius 1 is 0.833 bits per heavy atom. The molecular formula is C30H36N2O4. The van der Waals surface area contributed by atoms with Crippen LogP contribution in [0.4, 0.5) is 0 Å². The van der Waals surface area contributed by atoms with Crippen LogP contribution in [-0.2, 0) is 29.0 Å². The predicted molar refractivity (Wildman–Crippen MR) is 141 cm³/mol. The molecule has 1 atom stereocenters. The van der Waals surface area contributed by atoms with Crippen molar-refractivity contribution in [1.29, 1.82) is 0 Å². The molecule has 0 aliphatic carbocycles. The number of amides is 1. The summed E-state index contributed by atoms with van der Waals surface area (Å²) in [5.41, 5.74) is 3.38. The molecule has 3 aromatic rings. The SMILES string of the molecule is O=C(O)CCC(Cc1ccc(OCc2ccccc2)cc1)NC(=O)CCCCCCc1cccnc1.